The van der Waals surface area contributed by atoms with E-state index < -0.39 is 29.7 Å². The molecule has 156 valence electrons. The normalized spacial score (nSPS) is 26.0. The third-order valence-corrected chi connectivity index (χ3v) is 6.00. The summed E-state index contributed by atoms with van der Waals surface area (Å²) in [5.41, 5.74) is -0.956. The van der Waals surface area contributed by atoms with E-state index in [0.717, 1.165) is 17.0 Å². The minimum Gasteiger partial charge on any atom is -0.362 e. The molecule has 29 heavy (non-hydrogen) atoms. The molecular weight excluding hydrogens is 405 g/mol. The Morgan fingerprint density at radius 3 is 2.69 bits per heavy atom. The van der Waals surface area contributed by atoms with Crippen LogP contribution in [-0.2, 0) is 11.0 Å². The van der Waals surface area contributed by atoms with Crippen LogP contribution in [0.4, 0.5) is 23.7 Å². The molecule has 0 unspecified atom stereocenters. The molecule has 6 nitrogen and oxygen atoms in total. The number of rotatable bonds is 3. The van der Waals surface area contributed by atoms with E-state index in [1.807, 2.05) is 4.90 Å². The number of alkyl halides is 3. The Morgan fingerprint density at radius 1 is 1.31 bits per heavy atom. The molecule has 3 atom stereocenters. The van der Waals surface area contributed by atoms with Crippen LogP contribution in [0.3, 0.4) is 0 Å². The molecule has 1 aromatic carbocycles. The van der Waals surface area contributed by atoms with Crippen molar-refractivity contribution in [3.8, 4) is 0 Å². The quantitative estimate of drug-likeness (QED) is 0.595. The highest BCUT2D eigenvalue weighted by Gasteiger charge is 2.62. The minimum absolute atomic E-state index is 0.0596. The van der Waals surface area contributed by atoms with E-state index in [1.54, 1.807) is 0 Å². The number of hydrogen-bond donors (Lipinski definition) is 1. The first-order valence-corrected chi connectivity index (χ1v) is 9.88. The van der Waals surface area contributed by atoms with Gasteiger partial charge in [0.15, 0.2) is 5.11 Å². The molecule has 3 fully saturated rings. The average molecular weight is 426 g/mol. The molecule has 3 heterocycles. The van der Waals surface area contributed by atoms with Crippen LogP contribution < -0.4 is 10.2 Å². The third-order valence-electron chi connectivity index (χ3n) is 5.62. The Morgan fingerprint density at radius 2 is 2.03 bits per heavy atom. The molecule has 0 radical (unpaired) electrons. The molecule has 2 bridgehead atoms. The van der Waals surface area contributed by atoms with Crippen LogP contribution in [0.5, 0.6) is 0 Å². The number of amides is 3. The maximum Gasteiger partial charge on any atom is 0.416 e. The molecule has 3 aliphatic rings. The van der Waals surface area contributed by atoms with E-state index in [0.29, 0.717) is 30.5 Å². The first-order valence-electron chi connectivity index (χ1n) is 9.47. The number of halogens is 3. The summed E-state index contributed by atoms with van der Waals surface area (Å²) in [6.45, 7) is 5.32. The average Bonchev–Trinajstić information content (AvgIpc) is 3.30. The van der Waals surface area contributed by atoms with Gasteiger partial charge in [-0.05, 0) is 42.8 Å². The summed E-state index contributed by atoms with van der Waals surface area (Å²) < 4.78 is 39.2. The van der Waals surface area contributed by atoms with Crippen LogP contribution in [0, 0.1) is 5.92 Å². The zero-order valence-corrected chi connectivity index (χ0v) is 16.8. The van der Waals surface area contributed by atoms with Crippen molar-refractivity contribution in [2.75, 3.05) is 18.0 Å². The summed E-state index contributed by atoms with van der Waals surface area (Å²) >= 11 is 5.47. The number of carbonyl (C=O) groups excluding carboxylic acids is 2. The van der Waals surface area contributed by atoms with E-state index in [1.165, 1.54) is 17.0 Å². The lowest BCUT2D eigenvalue weighted by Gasteiger charge is -2.36. The molecule has 1 aromatic rings. The number of imide groups is 1. The number of likely N-dealkylation sites (tertiary alicyclic amines) is 1. The second-order valence-corrected chi connectivity index (χ2v) is 8.43. The molecule has 3 amide bonds. The van der Waals surface area contributed by atoms with Crippen molar-refractivity contribution in [1.82, 2.24) is 15.1 Å². The number of urea groups is 1. The Bertz CT molecular complexity index is 875. The van der Waals surface area contributed by atoms with Gasteiger partial charge in [0.05, 0.1) is 23.3 Å². The molecule has 3 aliphatic heterocycles. The number of nitrogens with zero attached hydrogens (tertiary/aromatic N) is 3. The van der Waals surface area contributed by atoms with E-state index in [4.69, 9.17) is 12.2 Å². The van der Waals surface area contributed by atoms with Crippen molar-refractivity contribution < 1.29 is 22.8 Å². The van der Waals surface area contributed by atoms with Crippen LogP contribution in [-0.4, -0.2) is 58.1 Å². The summed E-state index contributed by atoms with van der Waals surface area (Å²) in [6, 6.07) is 2.57. The summed E-state index contributed by atoms with van der Waals surface area (Å²) in [7, 11) is 0. The zero-order valence-electron chi connectivity index (χ0n) is 15.9. The Kier molecular flexibility index (Phi) is 4.71. The molecule has 4 rings (SSSR count). The molecule has 0 saturated carbocycles. The topological polar surface area (TPSA) is 55.9 Å². The lowest BCUT2D eigenvalue weighted by atomic mass is 10.1. The highest BCUT2D eigenvalue weighted by Crippen LogP contribution is 2.43. The highest BCUT2D eigenvalue weighted by atomic mass is 32.1. The number of thiocarbonyl (C=S) groups is 1. The molecule has 0 spiro atoms. The van der Waals surface area contributed by atoms with Crippen LogP contribution in [0.1, 0.15) is 25.8 Å². The number of fused-ring (bicyclic) bond motifs is 5. The van der Waals surface area contributed by atoms with Crippen molar-refractivity contribution in [3.05, 3.63) is 29.8 Å². The van der Waals surface area contributed by atoms with Crippen LogP contribution in [0.15, 0.2) is 24.3 Å². The van der Waals surface area contributed by atoms with Gasteiger partial charge >= 0.3 is 12.2 Å². The number of carbonyl (C=O) groups is 2. The fraction of sp³-hybridized carbons (Fsp3) is 0.526. The maximum atomic E-state index is 13.1. The van der Waals surface area contributed by atoms with Gasteiger partial charge in [0.1, 0.15) is 6.04 Å². The van der Waals surface area contributed by atoms with Gasteiger partial charge in [-0.25, -0.2) is 9.69 Å². The zero-order chi connectivity index (χ0) is 21.1. The Hall–Kier alpha value is -2.36. The smallest absolute Gasteiger partial charge is 0.362 e. The van der Waals surface area contributed by atoms with Crippen molar-refractivity contribution in [2.24, 2.45) is 5.92 Å². The van der Waals surface area contributed by atoms with Gasteiger partial charge < -0.3 is 15.1 Å². The number of benzene rings is 1. The van der Waals surface area contributed by atoms with Gasteiger partial charge in [-0.1, -0.05) is 19.9 Å². The third kappa shape index (κ3) is 3.23. The first kappa shape index (κ1) is 19.9. The van der Waals surface area contributed by atoms with Gasteiger partial charge in [0, 0.05) is 13.1 Å². The van der Waals surface area contributed by atoms with Gasteiger partial charge in [0.25, 0.3) is 5.91 Å². The van der Waals surface area contributed by atoms with Gasteiger partial charge in [0.2, 0.25) is 0 Å². The van der Waals surface area contributed by atoms with Crippen molar-refractivity contribution in [3.63, 3.8) is 0 Å². The highest BCUT2D eigenvalue weighted by molar-refractivity contribution is 7.80. The number of piperazine rings is 1. The van der Waals surface area contributed by atoms with Gasteiger partial charge in [-0.2, -0.15) is 13.2 Å². The van der Waals surface area contributed by atoms with E-state index >= 15 is 0 Å². The van der Waals surface area contributed by atoms with Crippen LogP contribution >= 0.6 is 12.2 Å². The Labute approximate surface area is 171 Å². The molecule has 1 N–H and O–H groups in total. The second-order valence-electron chi connectivity index (χ2n) is 8.05. The lowest BCUT2D eigenvalue weighted by molar-refractivity contribution is -0.137. The van der Waals surface area contributed by atoms with E-state index in [2.05, 4.69) is 19.2 Å². The number of hydrogen-bond acceptors (Lipinski definition) is 3. The molecule has 3 saturated heterocycles. The van der Waals surface area contributed by atoms with Crippen molar-refractivity contribution >= 4 is 35.0 Å². The van der Waals surface area contributed by atoms with E-state index in [9.17, 15) is 22.8 Å². The van der Waals surface area contributed by atoms with Gasteiger partial charge in [-0.15, -0.1) is 0 Å². The van der Waals surface area contributed by atoms with Crippen LogP contribution in [0.25, 0.3) is 0 Å². The predicted molar refractivity (Wildman–Crippen MR) is 104 cm³/mol. The predicted octanol–water partition coefficient (Wildman–Crippen LogP) is 2.83. The molecule has 10 heteroatoms. The fourth-order valence-corrected chi connectivity index (χ4v) is 4.64. The van der Waals surface area contributed by atoms with Gasteiger partial charge in [-0.3, -0.25) is 4.79 Å². The number of nitrogens with one attached hydrogen (secondary N) is 1. The summed E-state index contributed by atoms with van der Waals surface area (Å²) in [6.07, 6.45) is -3.93. The molecule has 0 aromatic heterocycles. The summed E-state index contributed by atoms with van der Waals surface area (Å²) in [5, 5.41) is 3.73. The SMILES string of the molecule is CC(C)CNC(=S)N1C[C@@H]2C[C@H]1[C@H]1C(=O)N(c3cccc(C(F)(F)F)c3)C(=O)N21. The van der Waals surface area contributed by atoms with Crippen molar-refractivity contribution in [1.29, 1.82) is 0 Å². The first-order chi connectivity index (χ1) is 13.6. The monoisotopic (exact) mass is 426 g/mol. The second kappa shape index (κ2) is 6.86. The largest absolute Gasteiger partial charge is 0.416 e. The number of anilines is 1. The minimum atomic E-state index is -4.55. The summed E-state index contributed by atoms with van der Waals surface area (Å²) in [5.74, 6) is -0.103. The van der Waals surface area contributed by atoms with Crippen molar-refractivity contribution in [2.45, 2.75) is 44.6 Å². The van der Waals surface area contributed by atoms with E-state index in [-0.39, 0.29) is 17.8 Å². The molecular formula is C19H21F3N4O2S. The molecule has 0 aliphatic carbocycles. The Balaban J connectivity index is 1.58. The summed E-state index contributed by atoms with van der Waals surface area (Å²) in [4.78, 5) is 30.3. The van der Waals surface area contributed by atoms with Crippen LogP contribution in [0.2, 0.25) is 0 Å². The lowest BCUT2D eigenvalue weighted by Crippen LogP contribution is -2.57. The maximum absolute atomic E-state index is 13.1. The fourth-order valence-electron chi connectivity index (χ4n) is 4.34. The standard InChI is InChI=1S/C19H21F3N4O2S/c1-10(2)8-23-17(29)24-9-13-7-14(24)15-16(27)26(18(28)25(13)15)12-5-3-4-11(6-12)19(20,21)22/h3-6,10,13-15H,7-9H2,1-2H3,(H,23,29)/t13-,14-,15-/m0/s1.